The van der Waals surface area contributed by atoms with E-state index in [9.17, 15) is 9.59 Å². The molecule has 0 aliphatic rings. The Bertz CT molecular complexity index is 853. The summed E-state index contributed by atoms with van der Waals surface area (Å²) in [5, 5.41) is 3.05. The summed E-state index contributed by atoms with van der Waals surface area (Å²) in [5.74, 6) is -0.100. The van der Waals surface area contributed by atoms with Gasteiger partial charge >= 0.3 is 0 Å². The van der Waals surface area contributed by atoms with Gasteiger partial charge in [-0.3, -0.25) is 9.59 Å². The van der Waals surface area contributed by atoms with Gasteiger partial charge in [0.15, 0.2) is 0 Å². The first-order valence-corrected chi connectivity index (χ1v) is 10.8. The van der Waals surface area contributed by atoms with Gasteiger partial charge in [0.2, 0.25) is 11.8 Å². The number of hydrogen-bond donors (Lipinski definition) is 1. The van der Waals surface area contributed by atoms with E-state index in [4.69, 9.17) is 0 Å². The van der Waals surface area contributed by atoms with Crippen LogP contribution in [0.5, 0.6) is 0 Å². The van der Waals surface area contributed by atoms with Gasteiger partial charge in [-0.2, -0.15) is 0 Å². The number of amides is 2. The third-order valence-corrected chi connectivity index (χ3v) is 5.29. The predicted molar refractivity (Wildman–Crippen MR) is 123 cm³/mol. The van der Waals surface area contributed by atoms with E-state index in [2.05, 4.69) is 43.4 Å². The zero-order valence-corrected chi connectivity index (χ0v) is 19.3. The Balaban J connectivity index is 2.24. The summed E-state index contributed by atoms with van der Waals surface area (Å²) in [6.45, 7) is 12.5. The van der Waals surface area contributed by atoms with Gasteiger partial charge in [0, 0.05) is 12.1 Å². The third kappa shape index (κ3) is 7.01. The molecule has 4 heteroatoms. The van der Waals surface area contributed by atoms with E-state index in [1.807, 2.05) is 52.0 Å². The molecule has 2 rings (SSSR count). The van der Waals surface area contributed by atoms with Crippen molar-refractivity contribution in [1.29, 1.82) is 0 Å². The molecule has 0 heterocycles. The molecule has 0 spiro atoms. The van der Waals surface area contributed by atoms with Crippen LogP contribution in [0.15, 0.2) is 48.5 Å². The van der Waals surface area contributed by atoms with Crippen molar-refractivity contribution in [2.45, 2.75) is 72.4 Å². The molecule has 0 saturated heterocycles. The first-order chi connectivity index (χ1) is 14.1. The molecule has 0 saturated carbocycles. The van der Waals surface area contributed by atoms with Gasteiger partial charge in [0.25, 0.3) is 0 Å². The molecule has 1 atom stereocenters. The normalized spacial score (nSPS) is 12.3. The summed E-state index contributed by atoms with van der Waals surface area (Å²) < 4.78 is 0. The molecule has 0 aromatic heterocycles. The number of aryl methyl sites for hydroxylation is 2. The second kappa shape index (κ2) is 10.4. The first-order valence-electron chi connectivity index (χ1n) is 10.8. The van der Waals surface area contributed by atoms with E-state index in [-0.39, 0.29) is 17.4 Å². The molecular formula is C26H36N2O2. The predicted octanol–water partition coefficient (Wildman–Crippen LogP) is 4.61. The van der Waals surface area contributed by atoms with Gasteiger partial charge in [-0.1, -0.05) is 55.5 Å². The van der Waals surface area contributed by atoms with E-state index in [1.54, 1.807) is 4.90 Å². The van der Waals surface area contributed by atoms with Crippen molar-refractivity contribution >= 4 is 11.8 Å². The van der Waals surface area contributed by atoms with E-state index in [0.717, 1.165) is 17.5 Å². The number of carbonyl (C=O) groups excluding carboxylic acids is 2. The molecule has 1 unspecified atom stereocenters. The van der Waals surface area contributed by atoms with Gasteiger partial charge in [-0.15, -0.1) is 0 Å². The van der Waals surface area contributed by atoms with Crippen molar-refractivity contribution in [2.24, 2.45) is 0 Å². The topological polar surface area (TPSA) is 49.4 Å². The summed E-state index contributed by atoms with van der Waals surface area (Å²) >= 11 is 0. The zero-order chi connectivity index (χ0) is 22.3. The number of rotatable bonds is 8. The van der Waals surface area contributed by atoms with Crippen LogP contribution in [0.4, 0.5) is 0 Å². The molecule has 0 aliphatic carbocycles. The van der Waals surface area contributed by atoms with Crippen LogP contribution in [-0.4, -0.2) is 34.8 Å². The van der Waals surface area contributed by atoms with Crippen molar-refractivity contribution in [2.75, 3.05) is 6.54 Å². The highest BCUT2D eigenvalue weighted by Gasteiger charge is 2.30. The number of nitrogens with one attached hydrogen (secondary N) is 1. The fourth-order valence-corrected chi connectivity index (χ4v) is 3.54. The van der Waals surface area contributed by atoms with Crippen LogP contribution in [0.25, 0.3) is 0 Å². The monoisotopic (exact) mass is 408 g/mol. The molecule has 2 aromatic carbocycles. The lowest BCUT2D eigenvalue weighted by Crippen LogP contribution is -2.54. The largest absolute Gasteiger partial charge is 0.350 e. The zero-order valence-electron chi connectivity index (χ0n) is 19.3. The quantitative estimate of drug-likeness (QED) is 0.693. The van der Waals surface area contributed by atoms with Crippen LogP contribution in [0, 0.1) is 13.8 Å². The number of hydrogen-bond acceptors (Lipinski definition) is 2. The molecule has 2 aromatic rings. The lowest BCUT2D eigenvalue weighted by atomic mass is 10.0. The fourth-order valence-electron chi connectivity index (χ4n) is 3.54. The van der Waals surface area contributed by atoms with Gasteiger partial charge in [-0.05, 0) is 69.7 Å². The Labute approximate surface area is 181 Å². The summed E-state index contributed by atoms with van der Waals surface area (Å²) in [7, 11) is 0. The summed E-state index contributed by atoms with van der Waals surface area (Å²) in [6, 6.07) is 15.7. The van der Waals surface area contributed by atoms with Crippen molar-refractivity contribution in [3.63, 3.8) is 0 Å². The van der Waals surface area contributed by atoms with Crippen LogP contribution in [0.2, 0.25) is 0 Å². The minimum atomic E-state index is -0.480. The maximum Gasteiger partial charge on any atom is 0.243 e. The molecule has 4 nitrogen and oxygen atoms in total. The summed E-state index contributed by atoms with van der Waals surface area (Å²) in [4.78, 5) is 28.1. The summed E-state index contributed by atoms with van der Waals surface area (Å²) in [6.07, 6.45) is 1.60. The minimum absolute atomic E-state index is 0.00917. The average molecular weight is 409 g/mol. The van der Waals surface area contributed by atoms with E-state index in [0.29, 0.717) is 19.4 Å². The molecular weight excluding hydrogens is 372 g/mol. The van der Waals surface area contributed by atoms with Gasteiger partial charge in [0.1, 0.15) is 6.04 Å². The van der Waals surface area contributed by atoms with Crippen LogP contribution in [0.3, 0.4) is 0 Å². The van der Waals surface area contributed by atoms with E-state index < -0.39 is 6.04 Å². The third-order valence-electron chi connectivity index (χ3n) is 5.29. The maximum atomic E-state index is 13.3. The van der Waals surface area contributed by atoms with Gasteiger partial charge in [0.05, 0.1) is 6.42 Å². The molecule has 0 radical (unpaired) electrons. The minimum Gasteiger partial charge on any atom is -0.350 e. The Hall–Kier alpha value is -2.62. The summed E-state index contributed by atoms with van der Waals surface area (Å²) in [5.41, 5.74) is 4.19. The van der Waals surface area contributed by atoms with E-state index >= 15 is 0 Å². The molecule has 2 amide bonds. The molecule has 162 valence electrons. The molecule has 30 heavy (non-hydrogen) atoms. The first kappa shape index (κ1) is 23.7. The van der Waals surface area contributed by atoms with Crippen LogP contribution >= 0.6 is 0 Å². The SMILES string of the molecule is CCC(C(=O)NC(C)(C)C)N(CCc1ccccc1)C(=O)Cc1ccc(C)c(C)c1. The Morgan fingerprint density at radius 2 is 1.63 bits per heavy atom. The van der Waals surface area contributed by atoms with Crippen LogP contribution in [0.1, 0.15) is 56.4 Å². The highest BCUT2D eigenvalue weighted by molar-refractivity contribution is 5.88. The van der Waals surface area contributed by atoms with Crippen molar-refractivity contribution in [3.05, 3.63) is 70.8 Å². The lowest BCUT2D eigenvalue weighted by Gasteiger charge is -2.33. The smallest absolute Gasteiger partial charge is 0.243 e. The van der Waals surface area contributed by atoms with Gasteiger partial charge in [-0.25, -0.2) is 0 Å². The van der Waals surface area contributed by atoms with Crippen LogP contribution in [-0.2, 0) is 22.4 Å². The van der Waals surface area contributed by atoms with Crippen molar-refractivity contribution in [1.82, 2.24) is 10.2 Å². The second-order valence-corrected chi connectivity index (χ2v) is 9.08. The Morgan fingerprint density at radius 3 is 2.20 bits per heavy atom. The number of benzene rings is 2. The van der Waals surface area contributed by atoms with E-state index in [1.165, 1.54) is 11.1 Å². The lowest BCUT2D eigenvalue weighted by molar-refractivity contribution is -0.140. The maximum absolute atomic E-state index is 13.3. The Morgan fingerprint density at radius 1 is 0.967 bits per heavy atom. The Kier molecular flexibility index (Phi) is 8.22. The van der Waals surface area contributed by atoms with Crippen LogP contribution < -0.4 is 5.32 Å². The number of carbonyl (C=O) groups is 2. The average Bonchev–Trinajstić information content (AvgIpc) is 2.67. The molecule has 1 N–H and O–H groups in total. The van der Waals surface area contributed by atoms with Crippen molar-refractivity contribution < 1.29 is 9.59 Å². The van der Waals surface area contributed by atoms with Gasteiger partial charge < -0.3 is 10.2 Å². The standard InChI is InChI=1S/C26H36N2O2/c1-7-23(25(30)27-26(4,5)6)28(16-15-21-11-9-8-10-12-21)24(29)18-22-14-13-19(2)20(3)17-22/h8-14,17,23H,7,15-16,18H2,1-6H3,(H,27,30). The highest BCUT2D eigenvalue weighted by atomic mass is 16.2. The molecule has 0 fully saturated rings. The second-order valence-electron chi connectivity index (χ2n) is 9.08. The molecule has 0 bridgehead atoms. The number of nitrogens with zero attached hydrogens (tertiary/aromatic N) is 1. The van der Waals surface area contributed by atoms with Crippen molar-refractivity contribution in [3.8, 4) is 0 Å². The fraction of sp³-hybridized carbons (Fsp3) is 0.462. The molecule has 0 aliphatic heterocycles. The highest BCUT2D eigenvalue weighted by Crippen LogP contribution is 2.15.